The average molecular weight is 258 g/mol. The van der Waals surface area contributed by atoms with Crippen LogP contribution in [-0.2, 0) is 0 Å². The standard InChI is InChI=1S/C15H22N4/c1-2-13(11-6-4-3-5-7-11)18-15-17-10-12-8-9-16-14(12)19-15/h8-11,13H,2-7H2,1H3,(H2,16,17,18,19). The summed E-state index contributed by atoms with van der Waals surface area (Å²) >= 11 is 0. The van der Waals surface area contributed by atoms with Crippen LogP contribution < -0.4 is 5.32 Å². The van der Waals surface area contributed by atoms with E-state index >= 15 is 0 Å². The fraction of sp³-hybridized carbons (Fsp3) is 0.600. The molecule has 0 aromatic carbocycles. The SMILES string of the molecule is CCC(Nc1ncc2cc[nH]c2n1)C1CCCCC1. The normalized spacial score (nSPS) is 18.6. The molecule has 0 aliphatic heterocycles. The molecule has 0 bridgehead atoms. The van der Waals surface area contributed by atoms with Gasteiger partial charge in [0.05, 0.1) is 0 Å². The second-order valence-corrected chi connectivity index (χ2v) is 5.53. The van der Waals surface area contributed by atoms with Crippen LogP contribution in [0.25, 0.3) is 11.0 Å². The van der Waals surface area contributed by atoms with Crippen LogP contribution in [-0.4, -0.2) is 21.0 Å². The quantitative estimate of drug-likeness (QED) is 0.878. The Morgan fingerprint density at radius 3 is 3.00 bits per heavy atom. The fourth-order valence-electron chi connectivity index (χ4n) is 3.16. The number of hydrogen-bond acceptors (Lipinski definition) is 3. The van der Waals surface area contributed by atoms with E-state index < -0.39 is 0 Å². The molecular weight excluding hydrogens is 236 g/mol. The highest BCUT2D eigenvalue weighted by atomic mass is 15.1. The second kappa shape index (κ2) is 5.59. The smallest absolute Gasteiger partial charge is 0.224 e. The highest BCUT2D eigenvalue weighted by Gasteiger charge is 2.22. The van der Waals surface area contributed by atoms with Gasteiger partial charge >= 0.3 is 0 Å². The minimum absolute atomic E-state index is 0.507. The Kier molecular flexibility index (Phi) is 3.67. The topological polar surface area (TPSA) is 53.6 Å². The van der Waals surface area contributed by atoms with Crippen molar-refractivity contribution in [2.45, 2.75) is 51.5 Å². The van der Waals surface area contributed by atoms with Crippen LogP contribution in [0.1, 0.15) is 45.4 Å². The first kappa shape index (κ1) is 12.5. The molecule has 2 aromatic heterocycles. The van der Waals surface area contributed by atoms with E-state index in [4.69, 9.17) is 0 Å². The number of nitrogens with one attached hydrogen (secondary N) is 2. The first-order valence-corrected chi connectivity index (χ1v) is 7.43. The summed E-state index contributed by atoms with van der Waals surface area (Å²) in [6.07, 6.45) is 11.8. The van der Waals surface area contributed by atoms with Crippen LogP contribution in [0.4, 0.5) is 5.95 Å². The van der Waals surface area contributed by atoms with Gasteiger partial charge in [0.1, 0.15) is 5.65 Å². The number of H-pyrrole nitrogens is 1. The maximum Gasteiger partial charge on any atom is 0.224 e. The minimum atomic E-state index is 0.507. The maximum absolute atomic E-state index is 4.54. The fourth-order valence-corrected chi connectivity index (χ4v) is 3.16. The molecule has 1 aliphatic rings. The zero-order valence-electron chi connectivity index (χ0n) is 11.5. The van der Waals surface area contributed by atoms with E-state index in [9.17, 15) is 0 Å². The lowest BCUT2D eigenvalue weighted by atomic mass is 9.83. The van der Waals surface area contributed by atoms with Crippen LogP contribution in [0.15, 0.2) is 18.5 Å². The first-order valence-electron chi connectivity index (χ1n) is 7.43. The Morgan fingerprint density at radius 1 is 1.37 bits per heavy atom. The maximum atomic E-state index is 4.54. The number of nitrogens with zero attached hydrogens (tertiary/aromatic N) is 2. The summed E-state index contributed by atoms with van der Waals surface area (Å²) in [7, 11) is 0. The summed E-state index contributed by atoms with van der Waals surface area (Å²) < 4.78 is 0. The molecule has 1 atom stereocenters. The van der Waals surface area contributed by atoms with Crippen LogP contribution in [0, 0.1) is 5.92 Å². The molecule has 0 spiro atoms. The van der Waals surface area contributed by atoms with Gasteiger partial charge in [-0.3, -0.25) is 0 Å². The molecule has 2 N–H and O–H groups in total. The molecule has 4 nitrogen and oxygen atoms in total. The molecule has 1 saturated carbocycles. The van der Waals surface area contributed by atoms with Crippen molar-refractivity contribution in [2.75, 3.05) is 5.32 Å². The Labute approximate surface area is 114 Å². The molecular formula is C15H22N4. The Hall–Kier alpha value is -1.58. The van der Waals surface area contributed by atoms with E-state index in [2.05, 4.69) is 27.2 Å². The van der Waals surface area contributed by atoms with Gasteiger partial charge in [-0.25, -0.2) is 4.98 Å². The zero-order chi connectivity index (χ0) is 13.1. The van der Waals surface area contributed by atoms with Crippen molar-refractivity contribution < 1.29 is 0 Å². The van der Waals surface area contributed by atoms with E-state index in [0.29, 0.717) is 6.04 Å². The summed E-state index contributed by atoms with van der Waals surface area (Å²) in [5.41, 5.74) is 0.913. The highest BCUT2D eigenvalue weighted by Crippen LogP contribution is 2.29. The van der Waals surface area contributed by atoms with Crippen molar-refractivity contribution in [3.05, 3.63) is 18.5 Å². The molecule has 1 unspecified atom stereocenters. The largest absolute Gasteiger partial charge is 0.351 e. The van der Waals surface area contributed by atoms with E-state index in [-0.39, 0.29) is 0 Å². The van der Waals surface area contributed by atoms with Crippen LogP contribution in [0.3, 0.4) is 0 Å². The number of anilines is 1. The lowest BCUT2D eigenvalue weighted by Crippen LogP contribution is -2.30. The third kappa shape index (κ3) is 2.72. The summed E-state index contributed by atoms with van der Waals surface area (Å²) in [5, 5.41) is 4.60. The molecule has 2 aromatic rings. The van der Waals surface area contributed by atoms with Gasteiger partial charge in [0.15, 0.2) is 0 Å². The van der Waals surface area contributed by atoms with Gasteiger partial charge in [0.25, 0.3) is 0 Å². The van der Waals surface area contributed by atoms with E-state index in [1.165, 1.54) is 32.1 Å². The first-order chi connectivity index (χ1) is 9.36. The number of aromatic amines is 1. The highest BCUT2D eigenvalue weighted by molar-refractivity contribution is 5.75. The minimum Gasteiger partial charge on any atom is -0.351 e. The number of fused-ring (bicyclic) bond motifs is 1. The van der Waals surface area contributed by atoms with Crippen LogP contribution in [0.2, 0.25) is 0 Å². The molecule has 0 saturated heterocycles. The molecule has 19 heavy (non-hydrogen) atoms. The van der Waals surface area contributed by atoms with Crippen molar-refractivity contribution in [1.82, 2.24) is 15.0 Å². The Morgan fingerprint density at radius 2 is 2.21 bits per heavy atom. The van der Waals surface area contributed by atoms with Gasteiger partial charge in [0.2, 0.25) is 5.95 Å². The summed E-state index contributed by atoms with van der Waals surface area (Å²) in [4.78, 5) is 12.1. The molecule has 0 radical (unpaired) electrons. The predicted molar refractivity (Wildman–Crippen MR) is 78.2 cm³/mol. The van der Waals surface area contributed by atoms with Crippen LogP contribution >= 0.6 is 0 Å². The summed E-state index contributed by atoms with van der Waals surface area (Å²) in [6, 6.07) is 2.50. The number of aromatic nitrogens is 3. The average Bonchev–Trinajstić information content (AvgIpc) is 2.93. The van der Waals surface area contributed by atoms with Gasteiger partial charge in [-0.15, -0.1) is 0 Å². The van der Waals surface area contributed by atoms with Gasteiger partial charge in [-0.2, -0.15) is 4.98 Å². The number of rotatable bonds is 4. The zero-order valence-corrected chi connectivity index (χ0v) is 11.5. The van der Waals surface area contributed by atoms with Gasteiger partial charge in [-0.1, -0.05) is 26.2 Å². The van der Waals surface area contributed by atoms with E-state index in [1.807, 2.05) is 18.5 Å². The monoisotopic (exact) mass is 258 g/mol. The molecule has 1 aliphatic carbocycles. The van der Waals surface area contributed by atoms with Crippen molar-refractivity contribution >= 4 is 17.0 Å². The summed E-state index contributed by atoms with van der Waals surface area (Å²) in [5.74, 6) is 1.54. The third-order valence-electron chi connectivity index (χ3n) is 4.27. The molecule has 102 valence electrons. The Bertz CT molecular complexity index is 528. The van der Waals surface area contributed by atoms with Gasteiger partial charge in [-0.05, 0) is 31.2 Å². The molecule has 0 amide bonds. The van der Waals surface area contributed by atoms with Crippen molar-refractivity contribution in [1.29, 1.82) is 0 Å². The van der Waals surface area contributed by atoms with Crippen molar-refractivity contribution in [3.63, 3.8) is 0 Å². The van der Waals surface area contributed by atoms with E-state index in [0.717, 1.165) is 29.3 Å². The van der Waals surface area contributed by atoms with Crippen molar-refractivity contribution in [2.24, 2.45) is 5.92 Å². The lowest BCUT2D eigenvalue weighted by molar-refractivity contribution is 0.312. The Balaban J connectivity index is 1.73. The third-order valence-corrected chi connectivity index (χ3v) is 4.27. The molecule has 1 fully saturated rings. The van der Waals surface area contributed by atoms with Crippen molar-refractivity contribution in [3.8, 4) is 0 Å². The molecule has 2 heterocycles. The van der Waals surface area contributed by atoms with E-state index in [1.54, 1.807) is 0 Å². The summed E-state index contributed by atoms with van der Waals surface area (Å²) in [6.45, 7) is 2.25. The molecule has 4 heteroatoms. The van der Waals surface area contributed by atoms with Gasteiger partial charge in [0, 0.05) is 23.8 Å². The lowest BCUT2D eigenvalue weighted by Gasteiger charge is -2.30. The predicted octanol–water partition coefficient (Wildman–Crippen LogP) is 3.73. The van der Waals surface area contributed by atoms with Crippen LogP contribution in [0.5, 0.6) is 0 Å². The number of hydrogen-bond donors (Lipinski definition) is 2. The second-order valence-electron chi connectivity index (χ2n) is 5.53. The van der Waals surface area contributed by atoms with Gasteiger partial charge < -0.3 is 10.3 Å². The molecule has 3 rings (SSSR count).